The standard InChI is InChI=1S/C14H16N4O/c1-3-12-8-13(19)17-14(16-12)18-15-9-11-7-5-4-6-10(11)2/h4-9H,3H2,1-2H3,(H2,16,17,18,19)/b15-9-. The minimum atomic E-state index is -0.180. The third kappa shape index (κ3) is 3.51. The van der Waals surface area contributed by atoms with Gasteiger partial charge in [0, 0.05) is 11.8 Å². The van der Waals surface area contributed by atoms with E-state index in [-0.39, 0.29) is 5.56 Å². The van der Waals surface area contributed by atoms with Crippen LogP contribution in [0.3, 0.4) is 0 Å². The molecule has 0 bridgehead atoms. The zero-order valence-corrected chi connectivity index (χ0v) is 11.0. The molecule has 0 aliphatic heterocycles. The predicted octanol–water partition coefficient (Wildman–Crippen LogP) is 2.09. The summed E-state index contributed by atoms with van der Waals surface area (Å²) in [5.41, 5.74) is 5.45. The molecule has 2 N–H and O–H groups in total. The number of rotatable bonds is 4. The van der Waals surface area contributed by atoms with Crippen molar-refractivity contribution in [3.05, 3.63) is 57.5 Å². The van der Waals surface area contributed by atoms with Crippen LogP contribution in [-0.4, -0.2) is 16.2 Å². The average Bonchev–Trinajstić information content (AvgIpc) is 2.40. The number of nitrogens with one attached hydrogen (secondary N) is 2. The predicted molar refractivity (Wildman–Crippen MR) is 76.6 cm³/mol. The van der Waals surface area contributed by atoms with Gasteiger partial charge in [-0.3, -0.25) is 9.78 Å². The number of hydrogen-bond acceptors (Lipinski definition) is 4. The fourth-order valence-corrected chi connectivity index (χ4v) is 1.64. The fourth-order valence-electron chi connectivity index (χ4n) is 1.64. The van der Waals surface area contributed by atoms with Gasteiger partial charge in [0.1, 0.15) is 0 Å². The Bertz CT molecular complexity index is 646. The Balaban J connectivity index is 2.13. The summed E-state index contributed by atoms with van der Waals surface area (Å²) in [6.45, 7) is 3.96. The Kier molecular flexibility index (Phi) is 4.07. The van der Waals surface area contributed by atoms with E-state index >= 15 is 0 Å². The summed E-state index contributed by atoms with van der Waals surface area (Å²) in [6, 6.07) is 9.39. The average molecular weight is 256 g/mol. The Labute approximate surface area is 111 Å². The molecule has 2 aromatic rings. The molecular weight excluding hydrogens is 240 g/mol. The minimum Gasteiger partial charge on any atom is -0.291 e. The summed E-state index contributed by atoms with van der Waals surface area (Å²) in [5.74, 6) is 0.356. The molecule has 1 heterocycles. The number of anilines is 1. The van der Waals surface area contributed by atoms with Gasteiger partial charge in [-0.1, -0.05) is 31.2 Å². The quantitative estimate of drug-likeness (QED) is 0.650. The zero-order valence-electron chi connectivity index (χ0n) is 11.0. The molecule has 0 saturated carbocycles. The van der Waals surface area contributed by atoms with Crippen LogP contribution in [0.2, 0.25) is 0 Å². The second kappa shape index (κ2) is 5.95. The van der Waals surface area contributed by atoms with Crippen LogP contribution in [0.4, 0.5) is 5.95 Å². The van der Waals surface area contributed by atoms with Crippen LogP contribution in [0, 0.1) is 6.92 Å². The first-order valence-electron chi connectivity index (χ1n) is 6.14. The Morgan fingerprint density at radius 3 is 2.95 bits per heavy atom. The summed E-state index contributed by atoms with van der Waals surface area (Å²) in [4.78, 5) is 18.2. The molecular formula is C14H16N4O. The van der Waals surface area contributed by atoms with Gasteiger partial charge in [-0.05, 0) is 24.5 Å². The van der Waals surface area contributed by atoms with Gasteiger partial charge in [0.25, 0.3) is 5.56 Å². The lowest BCUT2D eigenvalue weighted by Crippen LogP contribution is -2.11. The van der Waals surface area contributed by atoms with E-state index in [9.17, 15) is 4.79 Å². The van der Waals surface area contributed by atoms with Crippen molar-refractivity contribution in [1.82, 2.24) is 9.97 Å². The second-order valence-corrected chi connectivity index (χ2v) is 4.17. The summed E-state index contributed by atoms with van der Waals surface area (Å²) in [5, 5.41) is 4.08. The number of aromatic nitrogens is 2. The van der Waals surface area contributed by atoms with E-state index in [4.69, 9.17) is 0 Å². The SMILES string of the molecule is CCc1cc(=O)[nH]c(N/N=C\c2ccccc2C)n1. The first kappa shape index (κ1) is 13.0. The third-order valence-corrected chi connectivity index (χ3v) is 2.72. The molecule has 5 heteroatoms. The first-order chi connectivity index (χ1) is 9.19. The highest BCUT2D eigenvalue weighted by Gasteiger charge is 1.98. The lowest BCUT2D eigenvalue weighted by molar-refractivity contribution is 0.974. The van der Waals surface area contributed by atoms with E-state index in [1.807, 2.05) is 38.1 Å². The Hall–Kier alpha value is -2.43. The number of hydrogen-bond donors (Lipinski definition) is 2. The lowest BCUT2D eigenvalue weighted by atomic mass is 10.1. The number of hydrazone groups is 1. The Morgan fingerprint density at radius 1 is 1.42 bits per heavy atom. The zero-order chi connectivity index (χ0) is 13.7. The fraction of sp³-hybridized carbons (Fsp3) is 0.214. The molecule has 0 spiro atoms. The van der Waals surface area contributed by atoms with E-state index < -0.39 is 0 Å². The molecule has 0 unspecified atom stereocenters. The molecule has 98 valence electrons. The highest BCUT2D eigenvalue weighted by atomic mass is 16.1. The molecule has 0 radical (unpaired) electrons. The molecule has 0 amide bonds. The van der Waals surface area contributed by atoms with Crippen LogP contribution >= 0.6 is 0 Å². The topological polar surface area (TPSA) is 70.1 Å². The highest BCUT2D eigenvalue weighted by Crippen LogP contribution is 2.04. The first-order valence-corrected chi connectivity index (χ1v) is 6.14. The normalized spacial score (nSPS) is 10.8. The van der Waals surface area contributed by atoms with Crippen LogP contribution in [0.25, 0.3) is 0 Å². The molecule has 1 aromatic heterocycles. The number of nitrogens with zero attached hydrogens (tertiary/aromatic N) is 2. The summed E-state index contributed by atoms with van der Waals surface area (Å²) in [6.07, 6.45) is 2.41. The van der Waals surface area contributed by atoms with Crippen molar-refractivity contribution in [2.45, 2.75) is 20.3 Å². The van der Waals surface area contributed by atoms with Crippen molar-refractivity contribution < 1.29 is 0 Å². The maximum atomic E-state index is 11.4. The largest absolute Gasteiger partial charge is 0.291 e. The monoisotopic (exact) mass is 256 g/mol. The molecule has 2 rings (SSSR count). The van der Waals surface area contributed by atoms with Gasteiger partial charge in [-0.2, -0.15) is 5.10 Å². The Morgan fingerprint density at radius 2 is 2.21 bits per heavy atom. The second-order valence-electron chi connectivity index (χ2n) is 4.17. The smallest absolute Gasteiger partial charge is 0.252 e. The maximum Gasteiger partial charge on any atom is 0.252 e. The molecule has 0 atom stereocenters. The van der Waals surface area contributed by atoms with Gasteiger partial charge in [-0.15, -0.1) is 0 Å². The van der Waals surface area contributed by atoms with Crippen molar-refractivity contribution in [3.63, 3.8) is 0 Å². The van der Waals surface area contributed by atoms with Crippen LogP contribution < -0.4 is 11.0 Å². The maximum absolute atomic E-state index is 11.4. The van der Waals surface area contributed by atoms with Crippen molar-refractivity contribution in [2.75, 3.05) is 5.43 Å². The van der Waals surface area contributed by atoms with E-state index in [2.05, 4.69) is 20.5 Å². The molecule has 0 aliphatic carbocycles. The summed E-state index contributed by atoms with van der Waals surface area (Å²) >= 11 is 0. The van der Waals surface area contributed by atoms with Gasteiger partial charge in [-0.25, -0.2) is 10.4 Å². The van der Waals surface area contributed by atoms with Crippen LogP contribution in [-0.2, 0) is 6.42 Å². The highest BCUT2D eigenvalue weighted by molar-refractivity contribution is 5.81. The molecule has 0 saturated heterocycles. The van der Waals surface area contributed by atoms with E-state index in [0.717, 1.165) is 16.8 Å². The van der Waals surface area contributed by atoms with Crippen molar-refractivity contribution >= 4 is 12.2 Å². The number of aryl methyl sites for hydroxylation is 2. The van der Waals surface area contributed by atoms with Crippen molar-refractivity contribution in [2.24, 2.45) is 5.10 Å². The van der Waals surface area contributed by atoms with Gasteiger partial charge in [0.2, 0.25) is 5.95 Å². The number of H-pyrrole nitrogens is 1. The van der Waals surface area contributed by atoms with Gasteiger partial charge < -0.3 is 0 Å². The van der Waals surface area contributed by atoms with Gasteiger partial charge in [0.15, 0.2) is 0 Å². The van der Waals surface area contributed by atoms with Crippen LogP contribution in [0.1, 0.15) is 23.7 Å². The minimum absolute atomic E-state index is 0.180. The molecule has 0 aliphatic rings. The lowest BCUT2D eigenvalue weighted by Gasteiger charge is -2.02. The van der Waals surface area contributed by atoms with Gasteiger partial charge in [0.05, 0.1) is 6.21 Å². The number of benzene rings is 1. The van der Waals surface area contributed by atoms with Crippen molar-refractivity contribution in [1.29, 1.82) is 0 Å². The third-order valence-electron chi connectivity index (χ3n) is 2.72. The van der Waals surface area contributed by atoms with Crippen molar-refractivity contribution in [3.8, 4) is 0 Å². The summed E-state index contributed by atoms with van der Waals surface area (Å²) in [7, 11) is 0. The molecule has 0 fully saturated rings. The molecule has 1 aromatic carbocycles. The van der Waals surface area contributed by atoms with E-state index in [1.165, 1.54) is 6.07 Å². The van der Waals surface area contributed by atoms with Gasteiger partial charge >= 0.3 is 0 Å². The van der Waals surface area contributed by atoms with E-state index in [0.29, 0.717) is 12.4 Å². The van der Waals surface area contributed by atoms with Crippen LogP contribution in [0.15, 0.2) is 40.2 Å². The molecule has 19 heavy (non-hydrogen) atoms. The molecule has 5 nitrogen and oxygen atoms in total. The summed E-state index contributed by atoms with van der Waals surface area (Å²) < 4.78 is 0. The van der Waals surface area contributed by atoms with E-state index in [1.54, 1.807) is 6.21 Å². The number of aromatic amines is 1. The van der Waals surface area contributed by atoms with Crippen LogP contribution in [0.5, 0.6) is 0 Å².